The number of hydrogen-bond donors (Lipinski definition) is 2. The summed E-state index contributed by atoms with van der Waals surface area (Å²) >= 11 is 0. The van der Waals surface area contributed by atoms with E-state index in [4.69, 9.17) is 10.5 Å². The highest BCUT2D eigenvalue weighted by atomic mass is 19.3. The van der Waals surface area contributed by atoms with Crippen molar-refractivity contribution in [2.75, 3.05) is 19.7 Å². The standard InChI is InChI=1S/C19H28F3N3O3/c1-18(2,3)28-11-15-17(27)24-6-7-25(15)16(26)9-13(23)8-12-10-19(21,22)5-4-14(12)20/h4,10,13,15H,5-9,11,23H2,1-3H3,(H,24,27)/t13-,15-/m1/s1. The number of nitrogens with zero attached hydrogens (tertiary/aromatic N) is 1. The Morgan fingerprint density at radius 3 is 2.79 bits per heavy atom. The molecule has 2 atom stereocenters. The van der Waals surface area contributed by atoms with Crippen LogP contribution in [0.1, 0.15) is 40.0 Å². The Kier molecular flexibility index (Phi) is 6.93. The van der Waals surface area contributed by atoms with E-state index in [0.717, 1.165) is 6.08 Å². The fraction of sp³-hybridized carbons (Fsp3) is 0.684. The van der Waals surface area contributed by atoms with Crippen LogP contribution in [0.25, 0.3) is 0 Å². The molecular weight excluding hydrogens is 375 g/mol. The number of rotatable bonds is 6. The summed E-state index contributed by atoms with van der Waals surface area (Å²) in [5.74, 6) is -4.56. The minimum atomic E-state index is -3.12. The van der Waals surface area contributed by atoms with Crippen LogP contribution in [0.4, 0.5) is 13.2 Å². The summed E-state index contributed by atoms with van der Waals surface area (Å²) in [5, 5.41) is 2.69. The molecule has 1 heterocycles. The van der Waals surface area contributed by atoms with E-state index in [1.165, 1.54) is 4.90 Å². The highest BCUT2D eigenvalue weighted by Gasteiger charge is 2.35. The van der Waals surface area contributed by atoms with Crippen LogP contribution in [0, 0.1) is 0 Å². The maximum atomic E-state index is 13.8. The molecule has 1 aliphatic carbocycles. The number of nitrogens with one attached hydrogen (secondary N) is 1. The Labute approximate surface area is 163 Å². The molecule has 2 aliphatic rings. The van der Waals surface area contributed by atoms with Gasteiger partial charge in [0.15, 0.2) is 0 Å². The minimum Gasteiger partial charge on any atom is -0.373 e. The molecule has 0 spiro atoms. The predicted octanol–water partition coefficient (Wildman–Crippen LogP) is 2.05. The van der Waals surface area contributed by atoms with Gasteiger partial charge in [-0.25, -0.2) is 13.2 Å². The number of carbonyl (C=O) groups excluding carboxylic acids is 2. The smallest absolute Gasteiger partial charge is 0.270 e. The lowest BCUT2D eigenvalue weighted by molar-refractivity contribution is -0.148. The summed E-state index contributed by atoms with van der Waals surface area (Å²) in [6, 6.07) is -1.64. The zero-order valence-corrected chi connectivity index (χ0v) is 16.4. The van der Waals surface area contributed by atoms with Gasteiger partial charge in [0.2, 0.25) is 11.8 Å². The molecule has 9 heteroatoms. The molecule has 2 rings (SSSR count). The van der Waals surface area contributed by atoms with Crippen LogP contribution in [-0.4, -0.2) is 60.0 Å². The number of hydrogen-bond acceptors (Lipinski definition) is 4. The molecule has 1 fully saturated rings. The first kappa shape index (κ1) is 22.4. The number of amides is 2. The quantitative estimate of drug-likeness (QED) is 0.711. The van der Waals surface area contributed by atoms with Gasteiger partial charge in [0.25, 0.3) is 5.92 Å². The highest BCUT2D eigenvalue weighted by molar-refractivity contribution is 5.89. The molecule has 0 bridgehead atoms. The lowest BCUT2D eigenvalue weighted by Gasteiger charge is -2.36. The molecule has 0 saturated carbocycles. The van der Waals surface area contributed by atoms with E-state index in [2.05, 4.69) is 5.32 Å². The van der Waals surface area contributed by atoms with Gasteiger partial charge in [-0.3, -0.25) is 9.59 Å². The molecule has 6 nitrogen and oxygen atoms in total. The molecule has 0 aromatic heterocycles. The van der Waals surface area contributed by atoms with E-state index in [1.54, 1.807) is 0 Å². The van der Waals surface area contributed by atoms with Crippen molar-refractivity contribution in [3.8, 4) is 0 Å². The normalized spacial score (nSPS) is 23.6. The molecule has 0 aromatic carbocycles. The fourth-order valence-corrected chi connectivity index (χ4v) is 3.10. The first-order valence-electron chi connectivity index (χ1n) is 9.30. The van der Waals surface area contributed by atoms with Gasteiger partial charge in [-0.15, -0.1) is 0 Å². The summed E-state index contributed by atoms with van der Waals surface area (Å²) < 4.78 is 46.3. The van der Waals surface area contributed by atoms with Gasteiger partial charge < -0.3 is 20.7 Å². The molecule has 2 amide bonds. The van der Waals surface area contributed by atoms with E-state index in [-0.39, 0.29) is 30.9 Å². The first-order chi connectivity index (χ1) is 12.9. The van der Waals surface area contributed by atoms with Gasteiger partial charge >= 0.3 is 0 Å². The van der Waals surface area contributed by atoms with Gasteiger partial charge in [-0.1, -0.05) is 0 Å². The number of piperazine rings is 1. The van der Waals surface area contributed by atoms with Crippen LogP contribution in [0.15, 0.2) is 23.6 Å². The summed E-state index contributed by atoms with van der Waals surface area (Å²) in [6.07, 6.45) is 0.344. The highest BCUT2D eigenvalue weighted by Crippen LogP contribution is 2.33. The second-order valence-corrected chi connectivity index (χ2v) is 8.17. The Morgan fingerprint density at radius 1 is 1.46 bits per heavy atom. The lowest BCUT2D eigenvalue weighted by Crippen LogP contribution is -2.59. The molecule has 0 aromatic rings. The summed E-state index contributed by atoms with van der Waals surface area (Å²) in [5.41, 5.74) is 5.25. The van der Waals surface area contributed by atoms with Crippen molar-refractivity contribution in [1.82, 2.24) is 10.2 Å². The van der Waals surface area contributed by atoms with E-state index in [9.17, 15) is 22.8 Å². The monoisotopic (exact) mass is 403 g/mol. The SMILES string of the molecule is CC(C)(C)OC[C@@H]1C(=O)NCCN1C(=O)C[C@H](N)CC1=CC(F)(F)CC=C1F. The zero-order chi connectivity index (χ0) is 21.1. The molecule has 1 saturated heterocycles. The Morgan fingerprint density at radius 2 is 2.14 bits per heavy atom. The average molecular weight is 403 g/mol. The van der Waals surface area contributed by atoms with Crippen LogP contribution in [0.5, 0.6) is 0 Å². The minimum absolute atomic E-state index is 0.0328. The van der Waals surface area contributed by atoms with Crippen molar-refractivity contribution in [3.05, 3.63) is 23.6 Å². The fourth-order valence-electron chi connectivity index (χ4n) is 3.10. The number of nitrogens with two attached hydrogens (primary N) is 1. The number of alkyl halides is 2. The third kappa shape index (κ3) is 6.34. The predicted molar refractivity (Wildman–Crippen MR) is 98.3 cm³/mol. The molecular formula is C19H28F3N3O3. The molecule has 1 aliphatic heterocycles. The Hall–Kier alpha value is -1.87. The summed E-state index contributed by atoms with van der Waals surface area (Å²) in [6.45, 7) is 6.15. The average Bonchev–Trinajstić information content (AvgIpc) is 2.55. The van der Waals surface area contributed by atoms with E-state index < -0.39 is 41.8 Å². The molecule has 0 radical (unpaired) electrons. The third-order valence-electron chi connectivity index (χ3n) is 4.49. The molecule has 0 unspecified atom stereocenters. The van der Waals surface area contributed by atoms with Crippen molar-refractivity contribution in [2.24, 2.45) is 5.73 Å². The van der Waals surface area contributed by atoms with Crippen LogP contribution in [0.3, 0.4) is 0 Å². The van der Waals surface area contributed by atoms with Crippen LogP contribution in [-0.2, 0) is 14.3 Å². The molecule has 28 heavy (non-hydrogen) atoms. The van der Waals surface area contributed by atoms with Gasteiger partial charge in [0.1, 0.15) is 11.9 Å². The Balaban J connectivity index is 2.00. The molecule has 3 N–H and O–H groups in total. The molecule has 158 valence electrons. The number of ether oxygens (including phenoxy) is 1. The van der Waals surface area contributed by atoms with Crippen LogP contribution < -0.4 is 11.1 Å². The maximum absolute atomic E-state index is 13.8. The zero-order valence-electron chi connectivity index (χ0n) is 16.4. The van der Waals surface area contributed by atoms with Crippen molar-refractivity contribution in [2.45, 2.75) is 63.6 Å². The van der Waals surface area contributed by atoms with E-state index in [0.29, 0.717) is 19.2 Å². The summed E-state index contributed by atoms with van der Waals surface area (Å²) in [4.78, 5) is 26.2. The maximum Gasteiger partial charge on any atom is 0.270 e. The van der Waals surface area contributed by atoms with Gasteiger partial charge in [-0.05, 0) is 44.9 Å². The van der Waals surface area contributed by atoms with Crippen molar-refractivity contribution >= 4 is 11.8 Å². The van der Waals surface area contributed by atoms with Crippen LogP contribution in [0.2, 0.25) is 0 Å². The van der Waals surface area contributed by atoms with Gasteiger partial charge in [0.05, 0.1) is 12.2 Å². The number of carbonyl (C=O) groups is 2. The lowest BCUT2D eigenvalue weighted by atomic mass is 9.95. The third-order valence-corrected chi connectivity index (χ3v) is 4.49. The topological polar surface area (TPSA) is 84.7 Å². The number of allylic oxidation sites excluding steroid dienone is 3. The van der Waals surface area contributed by atoms with Crippen LogP contribution >= 0.6 is 0 Å². The van der Waals surface area contributed by atoms with E-state index >= 15 is 0 Å². The second kappa shape index (κ2) is 8.65. The summed E-state index contributed by atoms with van der Waals surface area (Å²) in [7, 11) is 0. The van der Waals surface area contributed by atoms with Gasteiger partial charge in [-0.2, -0.15) is 0 Å². The van der Waals surface area contributed by atoms with Crippen molar-refractivity contribution < 1.29 is 27.5 Å². The van der Waals surface area contributed by atoms with Crippen molar-refractivity contribution in [1.29, 1.82) is 0 Å². The first-order valence-corrected chi connectivity index (χ1v) is 9.30. The number of halogens is 3. The second-order valence-electron chi connectivity index (χ2n) is 8.17. The largest absolute Gasteiger partial charge is 0.373 e. The Bertz CT molecular complexity index is 671. The van der Waals surface area contributed by atoms with E-state index in [1.807, 2.05) is 20.8 Å². The van der Waals surface area contributed by atoms with Gasteiger partial charge in [0, 0.05) is 32.0 Å². The van der Waals surface area contributed by atoms with Crippen molar-refractivity contribution in [3.63, 3.8) is 0 Å².